The van der Waals surface area contributed by atoms with Gasteiger partial charge in [-0.25, -0.2) is 0 Å². The summed E-state index contributed by atoms with van der Waals surface area (Å²) in [7, 11) is 2.18. The van der Waals surface area contributed by atoms with Crippen LogP contribution in [0.1, 0.15) is 323 Å². The van der Waals surface area contributed by atoms with E-state index >= 15 is 0 Å². The van der Waals surface area contributed by atoms with Crippen LogP contribution in [-0.2, 0) is 78.3 Å². The maximum atomic E-state index is 6.45. The summed E-state index contributed by atoms with van der Waals surface area (Å²) in [5.74, 6) is 8.31. The van der Waals surface area contributed by atoms with E-state index in [4.69, 9.17) is 17.7 Å². The van der Waals surface area contributed by atoms with Crippen LogP contribution in [0.3, 0.4) is 0 Å². The number of hydrogen-bond acceptors (Lipinski definition) is 14. The van der Waals surface area contributed by atoms with Gasteiger partial charge < -0.3 is 46.7 Å². The third kappa shape index (κ3) is 13.7. The van der Waals surface area contributed by atoms with Crippen LogP contribution in [0.4, 0.5) is 28.4 Å². The molecule has 13 aliphatic rings. The zero-order valence-electron chi connectivity index (χ0n) is 84.8. The van der Waals surface area contributed by atoms with Crippen molar-refractivity contribution in [3.05, 3.63) is 262 Å². The molecule has 6 aliphatic carbocycles. The third-order valence-electron chi connectivity index (χ3n) is 35.4. The summed E-state index contributed by atoms with van der Waals surface area (Å²) in [6.07, 6.45) is 21.2. The molecule has 0 N–H and O–H groups in total. The fourth-order valence-corrected chi connectivity index (χ4v) is 32.5. The Morgan fingerprint density at radius 3 is 1.08 bits per heavy atom. The molecule has 5 aromatic carbocycles. The number of thiophene rings is 5. The van der Waals surface area contributed by atoms with Crippen LogP contribution in [0.15, 0.2) is 185 Å². The highest BCUT2D eigenvalue weighted by Gasteiger charge is 2.68. The average Bonchev–Trinajstić information content (AvgIpc) is 1.51. The van der Waals surface area contributed by atoms with E-state index in [1.165, 1.54) is 217 Å². The first-order chi connectivity index (χ1) is 64.2. The van der Waals surface area contributed by atoms with E-state index in [2.05, 4.69) is 307 Å². The van der Waals surface area contributed by atoms with Gasteiger partial charge >= 0.3 is 0 Å². The predicted molar refractivity (Wildman–Crippen MR) is 573 cm³/mol. The Balaban J connectivity index is 0.000000109. The van der Waals surface area contributed by atoms with E-state index in [0.29, 0.717) is 0 Å². The molecule has 15 aromatic rings. The van der Waals surface area contributed by atoms with Gasteiger partial charge in [-0.15, -0.1) is 56.7 Å². The SMILES string of the molecule is CC.CC.CC.CC.CC.Cc1cccc2c1N1Cc3oc4sccc4c3C1(C)C(C)(C)C2(C)C.Cc1cccc2c1N1Cc3oc4sccc4c3C1(C)C(C)(C)C2(C)C.Cc1ccccc1N1Cc2oc3sccc3c2C12C1CC3CC(C1)CC2C3.Cc1ccccc1N1Cc2oc3sccc3c2C12CCCCC2.Cc1ccccc1N1Cc2sc3c(ccn3C)c2C12CCCC2. The number of hydrogen-bond donors (Lipinski definition) is 0. The summed E-state index contributed by atoms with van der Waals surface area (Å²) in [6.45, 7) is 60.2. The predicted octanol–water partition coefficient (Wildman–Crippen LogP) is 35.6. The minimum Gasteiger partial charge on any atom is -0.448 e. The number of nitrogens with zero attached hydrogens (tertiary/aromatic N) is 6. The van der Waals surface area contributed by atoms with E-state index in [1.54, 1.807) is 61.4 Å². The molecule has 10 nitrogen and oxygen atoms in total. The van der Waals surface area contributed by atoms with Crippen molar-refractivity contribution in [2.75, 3.05) is 24.5 Å². The Hall–Kier alpha value is -8.70. The topological polar surface area (TPSA) is 73.7 Å². The molecular formula is C118H148N6O4S5. The van der Waals surface area contributed by atoms with Crippen LogP contribution < -0.4 is 24.5 Å². The molecule has 0 saturated heterocycles. The number of fused-ring (bicyclic) bond motifs is 25. The number of furan rings is 4. The van der Waals surface area contributed by atoms with E-state index in [1.807, 2.05) is 80.6 Å². The van der Waals surface area contributed by atoms with Gasteiger partial charge in [-0.1, -0.05) is 248 Å². The molecule has 133 heavy (non-hydrogen) atoms. The fraction of sp³-hybridized carbons (Fsp3) is 0.492. The standard InChI is InChI=1S/C24H25NOS.2C22H25NOS.C20H22N2S.C20H21NOS.5C2H6/c1-14-4-2-3-5-20(14)25-13-21-22(19-6-7-27-23(19)26-21)24(25)17-9-15-8-16(11-17)12-18(24)10-15;2*1-13-8-7-9-15-18(13)23-12-16-17(14-10-11-25-19(14)24-16)22(23,6)21(4,5)20(15,2)3;1-14-7-3-4-8-16(14)22-13-17-18(20(22)10-5-6-11-20)15-9-12-21(2)19(15)23-17;1-14-7-3-4-8-16(14)21-13-17-18(15-9-12-23-19(15)22-17)20(21)10-5-2-6-11-20;5*1-2/h2-7,15-18H,8-13H2,1H3;2*7-11H,12H2,1-6H3;3-4,7-9,12H,5-6,10-11,13H2,1-2H3;3-4,7-9,12H,2,5-6,10-11,13H2,1H3;5*1-2H3. The van der Waals surface area contributed by atoms with Gasteiger partial charge in [0.05, 0.1) is 60.4 Å². The number of aryl methyl sites for hydroxylation is 6. The second-order valence-electron chi connectivity index (χ2n) is 41.5. The maximum absolute atomic E-state index is 6.45. The van der Waals surface area contributed by atoms with Gasteiger partial charge in [-0.3, -0.25) is 0 Å². The van der Waals surface area contributed by atoms with E-state index < -0.39 is 0 Å². The molecule has 2 unspecified atom stereocenters. The Morgan fingerprint density at radius 2 is 0.662 bits per heavy atom. The first-order valence-electron chi connectivity index (χ1n) is 51.0. The highest BCUT2D eigenvalue weighted by atomic mass is 32.1. The summed E-state index contributed by atoms with van der Waals surface area (Å²) in [4.78, 5) is 20.9. The van der Waals surface area contributed by atoms with E-state index in [-0.39, 0.29) is 49.4 Å². The summed E-state index contributed by atoms with van der Waals surface area (Å²) in [5, 5.41) is 15.6. The summed E-state index contributed by atoms with van der Waals surface area (Å²) >= 11 is 8.94. The summed E-state index contributed by atoms with van der Waals surface area (Å²) in [5.41, 5.74) is 25.0. The molecule has 704 valence electrons. The van der Waals surface area contributed by atoms with Gasteiger partial charge in [-0.2, -0.15) is 0 Å². The molecule has 17 heterocycles. The molecular weight excluding hydrogens is 1730 g/mol. The van der Waals surface area contributed by atoms with Crippen molar-refractivity contribution in [1.82, 2.24) is 4.57 Å². The first kappa shape index (κ1) is 94.6. The van der Waals surface area contributed by atoms with Gasteiger partial charge in [0.15, 0.2) is 19.6 Å². The van der Waals surface area contributed by atoms with Gasteiger partial charge in [0.2, 0.25) is 0 Å². The zero-order chi connectivity index (χ0) is 94.3. The third-order valence-corrected chi connectivity index (χ3v) is 39.8. The molecule has 7 aliphatic heterocycles. The van der Waals surface area contributed by atoms with E-state index in [9.17, 15) is 0 Å². The van der Waals surface area contributed by atoms with Crippen molar-refractivity contribution >= 4 is 136 Å². The van der Waals surface area contributed by atoms with Crippen molar-refractivity contribution in [2.45, 2.75) is 334 Å². The fourth-order valence-electron chi connectivity index (χ4n) is 28.1. The van der Waals surface area contributed by atoms with Gasteiger partial charge in [0, 0.05) is 112 Å². The number of aromatic nitrogens is 1. The second-order valence-corrected chi connectivity index (χ2v) is 46.1. The van der Waals surface area contributed by atoms with E-state index in [0.717, 1.165) is 87.5 Å². The lowest BCUT2D eigenvalue weighted by atomic mass is 9.47. The minimum absolute atomic E-state index is 0.0464. The number of benzene rings is 5. The zero-order valence-corrected chi connectivity index (χ0v) is 88.9. The van der Waals surface area contributed by atoms with Crippen LogP contribution in [0.5, 0.6) is 0 Å². The molecule has 3 spiro atoms. The quantitative estimate of drug-likeness (QED) is 0.172. The van der Waals surface area contributed by atoms with Crippen LogP contribution in [0.25, 0.3) is 51.3 Å². The molecule has 28 rings (SSSR count). The Kier molecular flexibility index (Phi) is 25.4. The molecule has 6 fully saturated rings. The van der Waals surface area contributed by atoms with Crippen LogP contribution >= 0.6 is 56.7 Å². The van der Waals surface area contributed by atoms with Crippen LogP contribution in [0.2, 0.25) is 0 Å². The molecule has 15 heteroatoms. The van der Waals surface area contributed by atoms with Gasteiger partial charge in [0.1, 0.15) is 27.9 Å². The lowest BCUT2D eigenvalue weighted by Crippen LogP contribution is -2.61. The number of rotatable bonds is 3. The molecule has 2 atom stereocenters. The molecule has 10 aromatic heterocycles. The molecule has 6 saturated carbocycles. The van der Waals surface area contributed by atoms with Crippen LogP contribution in [0, 0.1) is 69.1 Å². The minimum atomic E-state index is -0.0860. The summed E-state index contributed by atoms with van der Waals surface area (Å²) < 4.78 is 27.6. The Labute approximate surface area is 814 Å². The number of anilines is 5. The van der Waals surface area contributed by atoms with Crippen molar-refractivity contribution in [3.8, 4) is 0 Å². The van der Waals surface area contributed by atoms with Gasteiger partial charge in [0.25, 0.3) is 0 Å². The average molecular weight is 1870 g/mol. The van der Waals surface area contributed by atoms with Crippen molar-refractivity contribution in [1.29, 1.82) is 0 Å². The highest BCUT2D eigenvalue weighted by Crippen LogP contribution is 2.72. The maximum Gasteiger partial charge on any atom is 0.188 e. The molecule has 4 bridgehead atoms. The second kappa shape index (κ2) is 35.7. The molecule has 0 amide bonds. The normalized spacial score (nSPS) is 24.0. The van der Waals surface area contributed by atoms with Gasteiger partial charge in [-0.05, 0) is 250 Å². The summed E-state index contributed by atoms with van der Waals surface area (Å²) in [6, 6.07) is 51.7. The van der Waals surface area contributed by atoms with Crippen molar-refractivity contribution in [2.24, 2.45) is 41.5 Å². The largest absolute Gasteiger partial charge is 0.448 e. The monoisotopic (exact) mass is 1870 g/mol. The highest BCUT2D eigenvalue weighted by molar-refractivity contribution is 7.19. The van der Waals surface area contributed by atoms with Crippen molar-refractivity contribution < 1.29 is 17.7 Å². The lowest BCUT2D eigenvalue weighted by Gasteiger charge is -2.63. The van der Waals surface area contributed by atoms with Crippen molar-refractivity contribution in [3.63, 3.8) is 0 Å². The Bertz CT molecular complexity index is 6530. The Morgan fingerprint density at radius 1 is 0.323 bits per heavy atom. The number of para-hydroxylation sites is 5. The lowest BCUT2D eigenvalue weighted by molar-refractivity contribution is -0.0581. The first-order valence-corrected chi connectivity index (χ1v) is 55.3. The van der Waals surface area contributed by atoms with Crippen LogP contribution in [-0.4, -0.2) is 4.57 Å². The molecule has 0 radical (unpaired) electrons. The smallest absolute Gasteiger partial charge is 0.188 e.